The van der Waals surface area contributed by atoms with Crippen LogP contribution in [-0.4, -0.2) is 38.3 Å². The lowest BCUT2D eigenvalue weighted by molar-refractivity contribution is -0.128. The fourth-order valence-corrected chi connectivity index (χ4v) is 1.47. The molecule has 0 aromatic carbocycles. The molecule has 1 amide bonds. The Hall–Kier alpha value is -0.610. The second kappa shape index (κ2) is 6.79. The zero-order chi connectivity index (χ0) is 10.2. The Morgan fingerprint density at radius 3 is 3.14 bits per heavy atom. The lowest BCUT2D eigenvalue weighted by atomic mass is 10.1. The van der Waals surface area contributed by atoms with Gasteiger partial charge in [0, 0.05) is 13.1 Å². The summed E-state index contributed by atoms with van der Waals surface area (Å²) in [6.07, 6.45) is 3.39. The zero-order valence-corrected chi connectivity index (χ0v) is 8.84. The van der Waals surface area contributed by atoms with Crippen molar-refractivity contribution in [3.63, 3.8) is 0 Å². The summed E-state index contributed by atoms with van der Waals surface area (Å²) in [7, 11) is 0. The third-order valence-corrected chi connectivity index (χ3v) is 2.27. The van der Waals surface area contributed by atoms with Gasteiger partial charge in [-0.1, -0.05) is 6.92 Å². The van der Waals surface area contributed by atoms with Crippen LogP contribution in [0.3, 0.4) is 0 Å². The number of nitrogens with one attached hydrogen (secondary N) is 2. The predicted octanol–water partition coefficient (Wildman–Crippen LogP) is 0.281. The smallest absolute Gasteiger partial charge is 0.246 e. The molecule has 14 heavy (non-hydrogen) atoms. The van der Waals surface area contributed by atoms with E-state index in [-0.39, 0.29) is 18.6 Å². The molecule has 0 aromatic heterocycles. The van der Waals surface area contributed by atoms with Crippen molar-refractivity contribution in [3.8, 4) is 0 Å². The molecule has 1 aliphatic rings. The maximum absolute atomic E-state index is 11.2. The standard InChI is InChI=1S/C10H20N2O2/c1-2-5-12-10(13)8-14-9-4-3-6-11-7-9/h9,11H,2-8H2,1H3,(H,12,13)/t9-/m0/s1. The van der Waals surface area contributed by atoms with E-state index in [4.69, 9.17) is 4.74 Å². The van der Waals surface area contributed by atoms with E-state index in [0.717, 1.165) is 38.9 Å². The van der Waals surface area contributed by atoms with Gasteiger partial charge >= 0.3 is 0 Å². The van der Waals surface area contributed by atoms with Crippen LogP contribution < -0.4 is 10.6 Å². The highest BCUT2D eigenvalue weighted by Gasteiger charge is 2.14. The lowest BCUT2D eigenvalue weighted by Crippen LogP contribution is -2.38. The molecule has 0 bridgehead atoms. The minimum atomic E-state index is -0.00239. The number of ether oxygens (including phenoxy) is 1. The number of piperidine rings is 1. The van der Waals surface area contributed by atoms with Crippen molar-refractivity contribution < 1.29 is 9.53 Å². The summed E-state index contributed by atoms with van der Waals surface area (Å²) in [5.74, 6) is -0.00239. The van der Waals surface area contributed by atoms with Crippen LogP contribution in [0.1, 0.15) is 26.2 Å². The van der Waals surface area contributed by atoms with E-state index < -0.39 is 0 Å². The fraction of sp³-hybridized carbons (Fsp3) is 0.900. The molecule has 2 N–H and O–H groups in total. The molecule has 0 radical (unpaired) electrons. The van der Waals surface area contributed by atoms with Crippen molar-refractivity contribution in [1.29, 1.82) is 0 Å². The molecule has 0 saturated carbocycles. The SMILES string of the molecule is CCCNC(=O)CO[C@H]1CCCNC1. The number of carbonyl (C=O) groups excluding carboxylic acids is 1. The van der Waals surface area contributed by atoms with Crippen molar-refractivity contribution in [2.45, 2.75) is 32.3 Å². The molecule has 82 valence electrons. The van der Waals surface area contributed by atoms with Crippen LogP contribution in [-0.2, 0) is 9.53 Å². The number of carbonyl (C=O) groups is 1. The van der Waals surface area contributed by atoms with E-state index in [1.54, 1.807) is 0 Å². The third-order valence-electron chi connectivity index (χ3n) is 2.27. The first kappa shape index (κ1) is 11.5. The lowest BCUT2D eigenvalue weighted by Gasteiger charge is -2.22. The molecule has 1 atom stereocenters. The largest absolute Gasteiger partial charge is 0.367 e. The van der Waals surface area contributed by atoms with E-state index in [0.29, 0.717) is 0 Å². The minimum Gasteiger partial charge on any atom is -0.367 e. The van der Waals surface area contributed by atoms with Crippen LogP contribution in [0.15, 0.2) is 0 Å². The Morgan fingerprint density at radius 2 is 2.50 bits per heavy atom. The Morgan fingerprint density at radius 1 is 1.64 bits per heavy atom. The number of hydrogen-bond donors (Lipinski definition) is 2. The number of hydrogen-bond acceptors (Lipinski definition) is 3. The highest BCUT2D eigenvalue weighted by molar-refractivity contribution is 5.77. The Kier molecular flexibility index (Phi) is 5.56. The van der Waals surface area contributed by atoms with E-state index in [1.807, 2.05) is 6.92 Å². The minimum absolute atomic E-state index is 0.00239. The van der Waals surface area contributed by atoms with Gasteiger partial charge in [-0.2, -0.15) is 0 Å². The molecular formula is C10H20N2O2. The predicted molar refractivity (Wildman–Crippen MR) is 55.1 cm³/mol. The summed E-state index contributed by atoms with van der Waals surface area (Å²) < 4.78 is 5.47. The van der Waals surface area contributed by atoms with Gasteiger partial charge in [-0.05, 0) is 25.8 Å². The van der Waals surface area contributed by atoms with Gasteiger partial charge in [0.05, 0.1) is 6.10 Å². The summed E-state index contributed by atoms with van der Waals surface area (Å²) in [5, 5.41) is 6.03. The highest BCUT2D eigenvalue weighted by atomic mass is 16.5. The molecule has 0 spiro atoms. The van der Waals surface area contributed by atoms with Gasteiger partial charge in [0.2, 0.25) is 5.91 Å². The molecule has 1 heterocycles. The van der Waals surface area contributed by atoms with Gasteiger partial charge in [-0.25, -0.2) is 0 Å². The summed E-state index contributed by atoms with van der Waals surface area (Å²) in [4.78, 5) is 11.2. The van der Waals surface area contributed by atoms with Crippen molar-refractivity contribution in [3.05, 3.63) is 0 Å². The van der Waals surface area contributed by atoms with Crippen LogP contribution in [0.25, 0.3) is 0 Å². The molecule has 4 heteroatoms. The van der Waals surface area contributed by atoms with Crippen LogP contribution in [0, 0.1) is 0 Å². The van der Waals surface area contributed by atoms with Crippen LogP contribution in [0.4, 0.5) is 0 Å². The summed E-state index contributed by atoms with van der Waals surface area (Å²) >= 11 is 0. The summed E-state index contributed by atoms with van der Waals surface area (Å²) in [5.41, 5.74) is 0. The van der Waals surface area contributed by atoms with Crippen molar-refractivity contribution in [1.82, 2.24) is 10.6 Å². The summed E-state index contributed by atoms with van der Waals surface area (Å²) in [6.45, 7) is 4.92. The van der Waals surface area contributed by atoms with Gasteiger partial charge < -0.3 is 15.4 Å². The average molecular weight is 200 g/mol. The Labute approximate surface area is 85.4 Å². The summed E-state index contributed by atoms with van der Waals surface area (Å²) in [6, 6.07) is 0. The molecule has 1 fully saturated rings. The monoisotopic (exact) mass is 200 g/mol. The Balaban J connectivity index is 2.03. The van der Waals surface area contributed by atoms with Crippen molar-refractivity contribution in [2.24, 2.45) is 0 Å². The van der Waals surface area contributed by atoms with Crippen LogP contribution in [0.2, 0.25) is 0 Å². The first-order chi connectivity index (χ1) is 6.83. The van der Waals surface area contributed by atoms with E-state index >= 15 is 0 Å². The number of amides is 1. The quantitative estimate of drug-likeness (QED) is 0.670. The van der Waals surface area contributed by atoms with Crippen molar-refractivity contribution in [2.75, 3.05) is 26.2 Å². The van der Waals surface area contributed by atoms with Gasteiger partial charge in [0.15, 0.2) is 0 Å². The van der Waals surface area contributed by atoms with Gasteiger partial charge in [0.25, 0.3) is 0 Å². The fourth-order valence-electron chi connectivity index (χ4n) is 1.47. The maximum atomic E-state index is 11.2. The van der Waals surface area contributed by atoms with Crippen molar-refractivity contribution >= 4 is 5.91 Å². The Bertz CT molecular complexity index is 168. The molecule has 1 saturated heterocycles. The van der Waals surface area contributed by atoms with Crippen LogP contribution >= 0.6 is 0 Å². The van der Waals surface area contributed by atoms with Gasteiger partial charge in [-0.15, -0.1) is 0 Å². The molecule has 0 aliphatic carbocycles. The molecular weight excluding hydrogens is 180 g/mol. The van der Waals surface area contributed by atoms with Gasteiger partial charge in [0.1, 0.15) is 6.61 Å². The van der Waals surface area contributed by atoms with Crippen LogP contribution in [0.5, 0.6) is 0 Å². The first-order valence-electron chi connectivity index (χ1n) is 5.42. The normalized spacial score (nSPS) is 21.9. The topological polar surface area (TPSA) is 50.4 Å². The maximum Gasteiger partial charge on any atom is 0.246 e. The zero-order valence-electron chi connectivity index (χ0n) is 8.84. The van der Waals surface area contributed by atoms with Gasteiger partial charge in [-0.3, -0.25) is 4.79 Å². The van der Waals surface area contributed by atoms with E-state index in [1.165, 1.54) is 0 Å². The van der Waals surface area contributed by atoms with E-state index in [9.17, 15) is 4.79 Å². The third kappa shape index (κ3) is 4.58. The highest BCUT2D eigenvalue weighted by Crippen LogP contribution is 2.05. The molecule has 1 rings (SSSR count). The molecule has 1 aliphatic heterocycles. The average Bonchev–Trinajstić information content (AvgIpc) is 2.25. The first-order valence-corrected chi connectivity index (χ1v) is 5.42. The molecule has 0 aromatic rings. The molecule has 0 unspecified atom stereocenters. The number of rotatable bonds is 5. The second-order valence-electron chi connectivity index (χ2n) is 3.63. The molecule has 4 nitrogen and oxygen atoms in total. The van der Waals surface area contributed by atoms with E-state index in [2.05, 4.69) is 10.6 Å². The second-order valence-corrected chi connectivity index (χ2v) is 3.63.